The molecular weight excluding hydrogens is 332 g/mol. The quantitative estimate of drug-likeness (QED) is 0.325. The van der Waals surface area contributed by atoms with Crippen molar-refractivity contribution in [1.82, 2.24) is 15.3 Å². The highest BCUT2D eigenvalue weighted by Crippen LogP contribution is 2.21. The molecule has 10 heteroatoms. The zero-order valence-electron chi connectivity index (χ0n) is 13.7. The van der Waals surface area contributed by atoms with Crippen LogP contribution in [-0.2, 0) is 11.3 Å². The number of nitrogens with zero attached hydrogens (tertiary/aromatic N) is 1. The number of carboxylic acid groups (broad SMARTS) is 1. The maximum Gasteiger partial charge on any atom is 0.320 e. The van der Waals surface area contributed by atoms with Gasteiger partial charge in [0.25, 0.3) is 5.69 Å². The Kier molecular flexibility index (Phi) is 5.32. The molecule has 25 heavy (non-hydrogen) atoms. The van der Waals surface area contributed by atoms with Crippen LogP contribution in [0.4, 0.5) is 5.69 Å². The summed E-state index contributed by atoms with van der Waals surface area (Å²) in [6.45, 7) is 3.73. The number of hydrogen-bond donors (Lipinski definition) is 4. The maximum atomic E-state index is 11.5. The van der Waals surface area contributed by atoms with Gasteiger partial charge in [0.15, 0.2) is 0 Å². The topological polar surface area (TPSA) is 158 Å². The molecule has 0 aliphatic rings. The number of hydrogen-bond acceptors (Lipinski definition) is 6. The van der Waals surface area contributed by atoms with Gasteiger partial charge in [-0.1, -0.05) is 13.8 Å². The Bertz CT molecular complexity index is 930. The Morgan fingerprint density at radius 3 is 2.48 bits per heavy atom. The lowest BCUT2D eigenvalue weighted by Crippen LogP contribution is -2.37. The number of aromatic amines is 2. The van der Waals surface area contributed by atoms with Crippen LogP contribution in [0.2, 0.25) is 0 Å². The number of nitrogens with one attached hydrogen (secondary N) is 3. The molecule has 0 bridgehead atoms. The van der Waals surface area contributed by atoms with Gasteiger partial charge in [-0.25, -0.2) is 0 Å². The molecule has 1 unspecified atom stereocenters. The Hall–Kier alpha value is -3.01. The molecule has 0 fully saturated rings. The first-order valence-electron chi connectivity index (χ1n) is 7.59. The van der Waals surface area contributed by atoms with Crippen molar-refractivity contribution < 1.29 is 14.8 Å². The van der Waals surface area contributed by atoms with Crippen LogP contribution in [0.1, 0.15) is 25.8 Å². The maximum absolute atomic E-state index is 11.5. The number of fused-ring (bicyclic) bond motifs is 1. The van der Waals surface area contributed by atoms with Crippen LogP contribution in [0.25, 0.3) is 11.0 Å². The summed E-state index contributed by atoms with van der Waals surface area (Å²) in [6, 6.07) is 1.53. The summed E-state index contributed by atoms with van der Waals surface area (Å²) in [5.41, 5.74) is -1.45. The average molecular weight is 350 g/mol. The van der Waals surface area contributed by atoms with Crippen LogP contribution in [0.15, 0.2) is 21.7 Å². The Labute approximate surface area is 141 Å². The van der Waals surface area contributed by atoms with Crippen molar-refractivity contribution >= 4 is 22.7 Å². The number of benzene rings is 1. The second-order valence-corrected chi connectivity index (χ2v) is 6.09. The van der Waals surface area contributed by atoms with E-state index in [9.17, 15) is 29.6 Å². The largest absolute Gasteiger partial charge is 0.480 e. The molecule has 0 saturated heterocycles. The smallest absolute Gasteiger partial charge is 0.320 e. The molecule has 2 aromatic rings. The molecule has 1 aromatic carbocycles. The summed E-state index contributed by atoms with van der Waals surface area (Å²) in [5.74, 6) is -0.906. The van der Waals surface area contributed by atoms with Crippen LogP contribution >= 0.6 is 0 Å². The third-order valence-electron chi connectivity index (χ3n) is 3.65. The Balaban J connectivity index is 2.46. The second-order valence-electron chi connectivity index (χ2n) is 6.09. The van der Waals surface area contributed by atoms with Gasteiger partial charge in [-0.3, -0.25) is 24.5 Å². The van der Waals surface area contributed by atoms with E-state index >= 15 is 0 Å². The van der Waals surface area contributed by atoms with Crippen molar-refractivity contribution in [2.45, 2.75) is 32.9 Å². The van der Waals surface area contributed by atoms with Gasteiger partial charge in [0.05, 0.1) is 16.0 Å². The normalized spacial score (nSPS) is 12.4. The number of non-ortho nitro benzene ring substituents is 1. The minimum absolute atomic E-state index is 0.0240. The standard InChI is InChI=1S/C15H18N4O6/c1-7(2)3-11(15(22)23)16-6-8-4-9(19(24)25)5-10-12(8)18-14(21)13(20)17-10/h4-5,7,11,16H,3,6H2,1-2H3,(H,17,20)(H,18,21)(H,22,23). The number of H-pyrrole nitrogens is 2. The molecule has 0 spiro atoms. The minimum atomic E-state index is -1.04. The van der Waals surface area contributed by atoms with Gasteiger partial charge in [0.1, 0.15) is 6.04 Å². The fourth-order valence-electron chi connectivity index (χ4n) is 2.50. The van der Waals surface area contributed by atoms with Crippen LogP contribution < -0.4 is 16.4 Å². The summed E-state index contributed by atoms with van der Waals surface area (Å²) in [6.07, 6.45) is 0.371. The minimum Gasteiger partial charge on any atom is -0.480 e. The molecule has 0 saturated carbocycles. The van der Waals surface area contributed by atoms with Gasteiger partial charge in [-0.15, -0.1) is 0 Å². The lowest BCUT2D eigenvalue weighted by Gasteiger charge is -2.17. The van der Waals surface area contributed by atoms with E-state index in [1.165, 1.54) is 6.07 Å². The zero-order chi connectivity index (χ0) is 18.7. The highest BCUT2D eigenvalue weighted by Gasteiger charge is 2.20. The first-order valence-corrected chi connectivity index (χ1v) is 7.59. The van der Waals surface area contributed by atoms with E-state index in [-0.39, 0.29) is 29.2 Å². The summed E-state index contributed by atoms with van der Waals surface area (Å²) >= 11 is 0. The van der Waals surface area contributed by atoms with E-state index in [4.69, 9.17) is 0 Å². The molecule has 4 N–H and O–H groups in total. The van der Waals surface area contributed by atoms with E-state index < -0.39 is 28.1 Å². The predicted octanol–water partition coefficient (Wildman–Crippen LogP) is 0.713. The van der Waals surface area contributed by atoms with Crippen molar-refractivity contribution in [2.75, 3.05) is 0 Å². The fourth-order valence-corrected chi connectivity index (χ4v) is 2.50. The highest BCUT2D eigenvalue weighted by molar-refractivity contribution is 5.80. The van der Waals surface area contributed by atoms with Gasteiger partial charge in [0, 0.05) is 18.7 Å². The van der Waals surface area contributed by atoms with Crippen LogP contribution in [-0.4, -0.2) is 32.0 Å². The lowest BCUT2D eigenvalue weighted by molar-refractivity contribution is -0.384. The predicted molar refractivity (Wildman–Crippen MR) is 89.6 cm³/mol. The van der Waals surface area contributed by atoms with Gasteiger partial charge in [-0.05, 0) is 17.9 Å². The molecule has 0 radical (unpaired) electrons. The highest BCUT2D eigenvalue weighted by atomic mass is 16.6. The van der Waals surface area contributed by atoms with E-state index in [0.717, 1.165) is 6.07 Å². The molecule has 134 valence electrons. The fraction of sp³-hybridized carbons (Fsp3) is 0.400. The SMILES string of the molecule is CC(C)CC(NCc1cc([N+](=O)[O-])cc2[nH]c(=O)c(=O)[nH]c12)C(=O)O. The molecule has 10 nitrogen and oxygen atoms in total. The van der Waals surface area contributed by atoms with Gasteiger partial charge < -0.3 is 20.4 Å². The van der Waals surface area contributed by atoms with Crippen LogP contribution in [0.3, 0.4) is 0 Å². The van der Waals surface area contributed by atoms with Crippen molar-refractivity contribution in [2.24, 2.45) is 5.92 Å². The summed E-state index contributed by atoms with van der Waals surface area (Å²) < 4.78 is 0. The van der Waals surface area contributed by atoms with Crippen molar-refractivity contribution in [3.05, 3.63) is 48.5 Å². The third-order valence-corrected chi connectivity index (χ3v) is 3.65. The number of nitro benzene ring substituents is 1. The summed E-state index contributed by atoms with van der Waals surface area (Å²) in [5, 5.41) is 23.2. The van der Waals surface area contributed by atoms with Gasteiger partial charge in [0.2, 0.25) is 0 Å². The van der Waals surface area contributed by atoms with Crippen molar-refractivity contribution in [3.8, 4) is 0 Å². The van der Waals surface area contributed by atoms with Crippen molar-refractivity contribution in [3.63, 3.8) is 0 Å². The number of nitro groups is 1. The molecule has 1 aromatic heterocycles. The number of aliphatic carboxylic acids is 1. The number of rotatable bonds is 7. The Morgan fingerprint density at radius 2 is 1.92 bits per heavy atom. The van der Waals surface area contributed by atoms with Crippen LogP contribution in [0.5, 0.6) is 0 Å². The first kappa shape index (κ1) is 18.3. The Morgan fingerprint density at radius 1 is 1.28 bits per heavy atom. The molecule has 0 amide bonds. The monoisotopic (exact) mass is 350 g/mol. The molecule has 1 atom stereocenters. The van der Waals surface area contributed by atoms with Crippen LogP contribution in [0, 0.1) is 16.0 Å². The zero-order valence-corrected chi connectivity index (χ0v) is 13.7. The molecular formula is C15H18N4O6. The average Bonchev–Trinajstić information content (AvgIpc) is 2.51. The third kappa shape index (κ3) is 4.29. The van der Waals surface area contributed by atoms with E-state index in [1.807, 2.05) is 13.8 Å². The second kappa shape index (κ2) is 7.26. The van der Waals surface area contributed by atoms with Crippen molar-refractivity contribution in [1.29, 1.82) is 0 Å². The van der Waals surface area contributed by atoms with Gasteiger partial charge in [-0.2, -0.15) is 0 Å². The van der Waals surface area contributed by atoms with E-state index in [0.29, 0.717) is 12.0 Å². The molecule has 0 aliphatic heterocycles. The van der Waals surface area contributed by atoms with E-state index in [2.05, 4.69) is 15.3 Å². The number of carboxylic acids is 1. The number of aromatic nitrogens is 2. The van der Waals surface area contributed by atoms with E-state index in [1.54, 1.807) is 0 Å². The summed E-state index contributed by atoms with van der Waals surface area (Å²) in [7, 11) is 0. The lowest BCUT2D eigenvalue weighted by atomic mass is 10.0. The molecule has 0 aliphatic carbocycles. The van der Waals surface area contributed by atoms with Gasteiger partial charge >= 0.3 is 17.1 Å². The first-order chi connectivity index (χ1) is 11.7. The summed E-state index contributed by atoms with van der Waals surface area (Å²) in [4.78, 5) is 49.4. The molecule has 2 rings (SSSR count). The number of carbonyl (C=O) groups is 1. The molecule has 1 heterocycles.